The number of aliphatic hydroxyl groups excluding tert-OH is 2. The number of aromatic nitrogens is 1. The first-order valence-corrected chi connectivity index (χ1v) is 3.63. The highest BCUT2D eigenvalue weighted by atomic mass is 16.4. The Balaban J connectivity index is 2.98. The summed E-state index contributed by atoms with van der Waals surface area (Å²) >= 11 is 0. The van der Waals surface area contributed by atoms with Gasteiger partial charge in [-0.15, -0.1) is 0 Å². The molecule has 0 aliphatic heterocycles. The number of hydrogen-bond donors (Lipinski definition) is 3. The number of carboxylic acid groups (broad SMARTS) is 1. The van der Waals surface area contributed by atoms with E-state index in [2.05, 4.69) is 4.98 Å². The third-order valence-corrected chi connectivity index (χ3v) is 1.56. The lowest BCUT2D eigenvalue weighted by Gasteiger charge is -2.06. The second-order valence-electron chi connectivity index (χ2n) is 2.48. The number of rotatable bonds is 3. The predicted molar refractivity (Wildman–Crippen MR) is 43.2 cm³/mol. The number of hydrogen-bond acceptors (Lipinski definition) is 4. The molecule has 0 aliphatic carbocycles. The van der Waals surface area contributed by atoms with Crippen molar-refractivity contribution in [2.75, 3.05) is 6.61 Å². The molecule has 70 valence electrons. The van der Waals surface area contributed by atoms with Crippen molar-refractivity contribution >= 4 is 5.97 Å². The van der Waals surface area contributed by atoms with Crippen LogP contribution in [-0.2, 0) is 0 Å². The average molecular weight is 183 g/mol. The van der Waals surface area contributed by atoms with Crippen molar-refractivity contribution in [1.29, 1.82) is 0 Å². The molecule has 1 rings (SSSR count). The maximum absolute atomic E-state index is 10.5. The summed E-state index contributed by atoms with van der Waals surface area (Å²) in [7, 11) is 0. The Bertz CT molecular complexity index is 313. The molecule has 0 radical (unpaired) electrons. The molecular formula is C8H9NO4. The van der Waals surface area contributed by atoms with Crippen LogP contribution in [0.5, 0.6) is 0 Å². The largest absolute Gasteiger partial charge is 0.477 e. The third-order valence-electron chi connectivity index (χ3n) is 1.56. The van der Waals surface area contributed by atoms with Gasteiger partial charge in [0.1, 0.15) is 11.8 Å². The first-order chi connectivity index (χ1) is 6.15. The first-order valence-electron chi connectivity index (χ1n) is 3.63. The number of nitrogens with zero attached hydrogens (tertiary/aromatic N) is 1. The second kappa shape index (κ2) is 3.97. The van der Waals surface area contributed by atoms with E-state index in [4.69, 9.17) is 15.3 Å². The van der Waals surface area contributed by atoms with Gasteiger partial charge in [-0.1, -0.05) is 0 Å². The van der Waals surface area contributed by atoms with Crippen molar-refractivity contribution in [2.24, 2.45) is 0 Å². The highest BCUT2D eigenvalue weighted by Crippen LogP contribution is 2.11. The number of carboxylic acids is 1. The molecule has 1 heterocycles. The molecule has 3 N–H and O–H groups in total. The van der Waals surface area contributed by atoms with E-state index in [9.17, 15) is 4.79 Å². The Hall–Kier alpha value is -1.46. The zero-order valence-electron chi connectivity index (χ0n) is 6.71. The zero-order valence-corrected chi connectivity index (χ0v) is 6.71. The van der Waals surface area contributed by atoms with Gasteiger partial charge in [0.05, 0.1) is 6.61 Å². The fraction of sp³-hybridized carbons (Fsp3) is 0.250. The van der Waals surface area contributed by atoms with Crippen LogP contribution in [-0.4, -0.2) is 32.9 Å². The van der Waals surface area contributed by atoms with Gasteiger partial charge in [0.25, 0.3) is 0 Å². The van der Waals surface area contributed by atoms with Crippen LogP contribution in [0.1, 0.15) is 22.2 Å². The number of carbonyl (C=O) groups is 1. The number of aliphatic hydroxyl groups is 2. The molecule has 1 aromatic rings. The summed E-state index contributed by atoms with van der Waals surface area (Å²) in [5, 5.41) is 26.3. The molecule has 0 saturated heterocycles. The SMILES string of the molecule is O=C(O)c1cc(C(O)CO)ccn1. The van der Waals surface area contributed by atoms with Gasteiger partial charge >= 0.3 is 5.97 Å². The minimum absolute atomic E-state index is 0.148. The second-order valence-corrected chi connectivity index (χ2v) is 2.48. The van der Waals surface area contributed by atoms with Gasteiger partial charge in [-0.25, -0.2) is 9.78 Å². The molecule has 0 saturated carbocycles. The van der Waals surface area contributed by atoms with Crippen molar-refractivity contribution < 1.29 is 20.1 Å². The zero-order chi connectivity index (χ0) is 9.84. The highest BCUT2D eigenvalue weighted by Gasteiger charge is 2.09. The predicted octanol–water partition coefficient (Wildman–Crippen LogP) is -0.195. The Kier molecular flexibility index (Phi) is 2.94. The summed E-state index contributed by atoms with van der Waals surface area (Å²) in [4.78, 5) is 14.0. The van der Waals surface area contributed by atoms with E-state index in [0.717, 1.165) is 0 Å². The number of pyridine rings is 1. The standard InChI is InChI=1S/C8H9NO4/c10-4-7(11)5-1-2-9-6(3-5)8(12)13/h1-3,7,10-11H,4H2,(H,12,13). The van der Waals surface area contributed by atoms with Crippen molar-refractivity contribution in [2.45, 2.75) is 6.10 Å². The molecule has 0 aliphatic rings. The van der Waals surface area contributed by atoms with E-state index in [1.165, 1.54) is 18.3 Å². The van der Waals surface area contributed by atoms with Gasteiger partial charge in [0, 0.05) is 6.20 Å². The van der Waals surface area contributed by atoms with Gasteiger partial charge in [0.15, 0.2) is 0 Å². The van der Waals surface area contributed by atoms with E-state index < -0.39 is 18.7 Å². The summed E-state index contributed by atoms with van der Waals surface area (Å²) in [6.45, 7) is -0.441. The molecule has 0 bridgehead atoms. The highest BCUT2D eigenvalue weighted by molar-refractivity contribution is 5.85. The first kappa shape index (κ1) is 9.63. The normalized spacial score (nSPS) is 12.5. The minimum atomic E-state index is -1.16. The van der Waals surface area contributed by atoms with Crippen molar-refractivity contribution in [3.8, 4) is 0 Å². The van der Waals surface area contributed by atoms with E-state index in [1.54, 1.807) is 0 Å². The van der Waals surface area contributed by atoms with E-state index in [1.807, 2.05) is 0 Å². The van der Waals surface area contributed by atoms with E-state index in [-0.39, 0.29) is 5.69 Å². The Morgan fingerprint density at radius 1 is 1.62 bits per heavy atom. The maximum Gasteiger partial charge on any atom is 0.354 e. The van der Waals surface area contributed by atoms with Crippen LogP contribution in [0.4, 0.5) is 0 Å². The van der Waals surface area contributed by atoms with Crippen LogP contribution in [0.25, 0.3) is 0 Å². The number of aromatic carboxylic acids is 1. The molecule has 1 unspecified atom stereocenters. The third kappa shape index (κ3) is 2.24. The van der Waals surface area contributed by atoms with Crippen LogP contribution in [0, 0.1) is 0 Å². The van der Waals surface area contributed by atoms with Gasteiger partial charge in [0.2, 0.25) is 0 Å². The Labute approximate surface area is 74.3 Å². The Morgan fingerprint density at radius 2 is 2.31 bits per heavy atom. The van der Waals surface area contributed by atoms with E-state index in [0.29, 0.717) is 5.56 Å². The van der Waals surface area contributed by atoms with Crippen LogP contribution in [0.3, 0.4) is 0 Å². The molecule has 1 aromatic heterocycles. The topological polar surface area (TPSA) is 90.7 Å². The van der Waals surface area contributed by atoms with Gasteiger partial charge in [-0.05, 0) is 17.7 Å². The van der Waals surface area contributed by atoms with Crippen molar-refractivity contribution in [3.05, 3.63) is 29.6 Å². The molecule has 13 heavy (non-hydrogen) atoms. The summed E-state index contributed by atoms with van der Waals surface area (Å²) in [5.74, 6) is -1.16. The smallest absolute Gasteiger partial charge is 0.354 e. The quantitative estimate of drug-likeness (QED) is 0.604. The van der Waals surface area contributed by atoms with Crippen LogP contribution in [0.15, 0.2) is 18.3 Å². The molecular weight excluding hydrogens is 174 g/mol. The molecule has 0 amide bonds. The summed E-state index contributed by atoms with van der Waals surface area (Å²) in [6.07, 6.45) is 0.221. The summed E-state index contributed by atoms with van der Waals surface area (Å²) < 4.78 is 0. The van der Waals surface area contributed by atoms with Gasteiger partial charge < -0.3 is 15.3 Å². The van der Waals surface area contributed by atoms with Crippen molar-refractivity contribution in [1.82, 2.24) is 4.98 Å². The molecule has 5 heteroatoms. The summed E-state index contributed by atoms with van der Waals surface area (Å²) in [5.41, 5.74) is 0.194. The fourth-order valence-corrected chi connectivity index (χ4v) is 0.877. The molecule has 0 fully saturated rings. The lowest BCUT2D eigenvalue weighted by atomic mass is 10.1. The van der Waals surface area contributed by atoms with Crippen molar-refractivity contribution in [3.63, 3.8) is 0 Å². The lowest BCUT2D eigenvalue weighted by Crippen LogP contribution is -2.06. The van der Waals surface area contributed by atoms with Crippen LogP contribution < -0.4 is 0 Å². The minimum Gasteiger partial charge on any atom is -0.477 e. The van der Waals surface area contributed by atoms with E-state index >= 15 is 0 Å². The maximum atomic E-state index is 10.5. The molecule has 0 spiro atoms. The summed E-state index contributed by atoms with van der Waals surface area (Å²) in [6, 6.07) is 2.68. The molecule has 5 nitrogen and oxygen atoms in total. The van der Waals surface area contributed by atoms with Gasteiger partial charge in [-0.3, -0.25) is 0 Å². The van der Waals surface area contributed by atoms with Gasteiger partial charge in [-0.2, -0.15) is 0 Å². The average Bonchev–Trinajstić information content (AvgIpc) is 2.17. The Morgan fingerprint density at radius 3 is 2.85 bits per heavy atom. The van der Waals surface area contributed by atoms with Crippen LogP contribution in [0.2, 0.25) is 0 Å². The monoisotopic (exact) mass is 183 g/mol. The molecule has 0 aromatic carbocycles. The molecule has 1 atom stereocenters. The van der Waals surface area contributed by atoms with Crippen LogP contribution >= 0.6 is 0 Å². The lowest BCUT2D eigenvalue weighted by molar-refractivity contribution is 0.0688. The fourth-order valence-electron chi connectivity index (χ4n) is 0.877.